The van der Waals surface area contributed by atoms with Crippen LogP contribution in [0, 0.1) is 12.7 Å². The lowest BCUT2D eigenvalue weighted by Crippen LogP contribution is -2.50. The van der Waals surface area contributed by atoms with Crippen molar-refractivity contribution in [3.8, 4) is 0 Å². The zero-order valence-electron chi connectivity index (χ0n) is 13.4. The molecule has 0 saturated carbocycles. The molecule has 0 spiro atoms. The number of amides is 1. The lowest BCUT2D eigenvalue weighted by molar-refractivity contribution is 0.0812. The van der Waals surface area contributed by atoms with Gasteiger partial charge in [-0.3, -0.25) is 9.69 Å². The van der Waals surface area contributed by atoms with Crippen LogP contribution in [0.4, 0.5) is 4.39 Å². The van der Waals surface area contributed by atoms with Crippen molar-refractivity contribution >= 4 is 5.91 Å². The average Bonchev–Trinajstić information content (AvgIpc) is 2.41. The Kier molecular flexibility index (Phi) is 4.67. The number of likely N-dealkylation sites (tertiary alicyclic amines) is 1. The van der Waals surface area contributed by atoms with Crippen LogP contribution in [0.25, 0.3) is 0 Å². The van der Waals surface area contributed by atoms with E-state index in [2.05, 4.69) is 31.0 Å². The van der Waals surface area contributed by atoms with Gasteiger partial charge in [0.05, 0.1) is 0 Å². The Labute approximate surface area is 126 Å². The molecular weight excluding hydrogens is 267 g/mol. The van der Waals surface area contributed by atoms with Gasteiger partial charge < -0.3 is 5.32 Å². The van der Waals surface area contributed by atoms with Crippen molar-refractivity contribution in [3.63, 3.8) is 0 Å². The second-order valence-electron chi connectivity index (χ2n) is 6.87. The maximum absolute atomic E-state index is 13.2. The summed E-state index contributed by atoms with van der Waals surface area (Å²) in [4.78, 5) is 14.6. The molecule has 116 valence electrons. The van der Waals surface area contributed by atoms with Crippen LogP contribution in [0.15, 0.2) is 18.2 Å². The van der Waals surface area contributed by atoms with E-state index in [0.29, 0.717) is 11.1 Å². The SMILES string of the molecule is Cc1cc(C(=O)NC2CCN(C(C)(C)C)CC2)ccc1F. The molecule has 0 aliphatic carbocycles. The van der Waals surface area contributed by atoms with Crippen LogP contribution < -0.4 is 5.32 Å². The molecule has 0 radical (unpaired) electrons. The van der Waals surface area contributed by atoms with Crippen LogP contribution in [0.5, 0.6) is 0 Å². The Hall–Kier alpha value is -1.42. The molecule has 0 atom stereocenters. The number of piperidine rings is 1. The van der Waals surface area contributed by atoms with E-state index >= 15 is 0 Å². The Morgan fingerprint density at radius 3 is 2.43 bits per heavy atom. The van der Waals surface area contributed by atoms with E-state index in [1.807, 2.05) is 0 Å². The minimum Gasteiger partial charge on any atom is -0.349 e. The quantitative estimate of drug-likeness (QED) is 0.908. The molecule has 0 unspecified atom stereocenters. The minimum atomic E-state index is -0.273. The van der Waals surface area contributed by atoms with Crippen LogP contribution in [0.2, 0.25) is 0 Å². The zero-order chi connectivity index (χ0) is 15.6. The van der Waals surface area contributed by atoms with Gasteiger partial charge in [0.2, 0.25) is 0 Å². The summed E-state index contributed by atoms with van der Waals surface area (Å²) in [5, 5.41) is 3.07. The summed E-state index contributed by atoms with van der Waals surface area (Å²) < 4.78 is 13.2. The average molecular weight is 292 g/mol. The number of carbonyl (C=O) groups excluding carboxylic acids is 1. The fraction of sp³-hybridized carbons (Fsp3) is 0.588. The first-order valence-electron chi connectivity index (χ1n) is 7.59. The van der Waals surface area contributed by atoms with E-state index in [1.165, 1.54) is 6.07 Å². The summed E-state index contributed by atoms with van der Waals surface area (Å²) in [7, 11) is 0. The normalized spacial score (nSPS) is 17.8. The summed E-state index contributed by atoms with van der Waals surface area (Å²) in [6.07, 6.45) is 1.92. The monoisotopic (exact) mass is 292 g/mol. The van der Waals surface area contributed by atoms with Crippen LogP contribution in [-0.2, 0) is 0 Å². The largest absolute Gasteiger partial charge is 0.349 e. The Morgan fingerprint density at radius 1 is 1.29 bits per heavy atom. The van der Waals surface area contributed by atoms with Crippen molar-refractivity contribution in [2.45, 2.75) is 52.1 Å². The summed E-state index contributed by atoms with van der Waals surface area (Å²) in [6.45, 7) is 10.3. The number of benzene rings is 1. The smallest absolute Gasteiger partial charge is 0.251 e. The molecule has 1 aromatic carbocycles. The molecule has 1 fully saturated rings. The zero-order valence-corrected chi connectivity index (χ0v) is 13.4. The molecule has 1 amide bonds. The van der Waals surface area contributed by atoms with Gasteiger partial charge in [0, 0.05) is 30.2 Å². The van der Waals surface area contributed by atoms with E-state index in [1.54, 1.807) is 19.1 Å². The van der Waals surface area contributed by atoms with Crippen LogP contribution >= 0.6 is 0 Å². The summed E-state index contributed by atoms with van der Waals surface area (Å²) in [5.41, 5.74) is 1.22. The van der Waals surface area contributed by atoms with Gasteiger partial charge in [-0.15, -0.1) is 0 Å². The van der Waals surface area contributed by atoms with E-state index in [4.69, 9.17) is 0 Å². The van der Waals surface area contributed by atoms with E-state index < -0.39 is 0 Å². The van der Waals surface area contributed by atoms with Crippen molar-refractivity contribution < 1.29 is 9.18 Å². The molecule has 1 aromatic rings. The highest BCUT2D eigenvalue weighted by molar-refractivity contribution is 5.94. The fourth-order valence-electron chi connectivity index (χ4n) is 2.75. The number of hydrogen-bond acceptors (Lipinski definition) is 2. The van der Waals surface area contributed by atoms with Crippen molar-refractivity contribution in [2.75, 3.05) is 13.1 Å². The second-order valence-corrected chi connectivity index (χ2v) is 6.87. The molecule has 1 N–H and O–H groups in total. The van der Waals surface area contributed by atoms with E-state index in [-0.39, 0.29) is 23.3 Å². The number of rotatable bonds is 2. The predicted octanol–water partition coefficient (Wildman–Crippen LogP) is 3.13. The maximum atomic E-state index is 13.2. The van der Waals surface area contributed by atoms with Crippen molar-refractivity contribution in [3.05, 3.63) is 35.1 Å². The van der Waals surface area contributed by atoms with Gasteiger partial charge in [0.25, 0.3) is 5.91 Å². The number of nitrogens with zero attached hydrogens (tertiary/aromatic N) is 1. The molecule has 0 aromatic heterocycles. The Morgan fingerprint density at radius 2 is 1.90 bits per heavy atom. The van der Waals surface area contributed by atoms with Crippen molar-refractivity contribution in [1.29, 1.82) is 0 Å². The summed E-state index contributed by atoms with van der Waals surface area (Å²) in [5.74, 6) is -0.377. The first-order chi connectivity index (χ1) is 9.77. The maximum Gasteiger partial charge on any atom is 0.251 e. The summed E-state index contributed by atoms with van der Waals surface area (Å²) >= 11 is 0. The molecule has 4 heteroatoms. The Bertz CT molecular complexity index is 514. The number of nitrogens with one attached hydrogen (secondary N) is 1. The first-order valence-corrected chi connectivity index (χ1v) is 7.59. The number of halogens is 1. The topological polar surface area (TPSA) is 32.3 Å². The molecule has 2 rings (SSSR count). The highest BCUT2D eigenvalue weighted by Crippen LogP contribution is 2.20. The number of carbonyl (C=O) groups is 1. The highest BCUT2D eigenvalue weighted by atomic mass is 19.1. The molecule has 1 aliphatic rings. The molecular formula is C17H25FN2O. The van der Waals surface area contributed by atoms with Crippen molar-refractivity contribution in [1.82, 2.24) is 10.2 Å². The molecule has 0 bridgehead atoms. The van der Waals surface area contributed by atoms with E-state index in [9.17, 15) is 9.18 Å². The molecule has 1 aliphatic heterocycles. The predicted molar refractivity (Wildman–Crippen MR) is 83.0 cm³/mol. The third-order valence-electron chi connectivity index (χ3n) is 4.20. The molecule has 21 heavy (non-hydrogen) atoms. The van der Waals surface area contributed by atoms with Gasteiger partial charge in [-0.25, -0.2) is 4.39 Å². The number of aryl methyl sites for hydroxylation is 1. The number of hydrogen-bond donors (Lipinski definition) is 1. The van der Waals surface area contributed by atoms with Crippen LogP contribution in [-0.4, -0.2) is 35.5 Å². The molecule has 1 saturated heterocycles. The van der Waals surface area contributed by atoms with Gasteiger partial charge >= 0.3 is 0 Å². The molecule has 1 heterocycles. The first kappa shape index (κ1) is 16.0. The van der Waals surface area contributed by atoms with E-state index in [0.717, 1.165) is 25.9 Å². The lowest BCUT2D eigenvalue weighted by Gasteiger charge is -2.41. The second kappa shape index (κ2) is 6.14. The Balaban J connectivity index is 1.91. The van der Waals surface area contributed by atoms with Gasteiger partial charge in [0.15, 0.2) is 0 Å². The lowest BCUT2D eigenvalue weighted by atomic mass is 9.98. The highest BCUT2D eigenvalue weighted by Gasteiger charge is 2.27. The standard InChI is InChI=1S/C17H25FN2O/c1-12-11-13(5-6-15(12)18)16(21)19-14-7-9-20(10-8-14)17(2,3)4/h5-6,11,14H,7-10H2,1-4H3,(H,19,21). The summed E-state index contributed by atoms with van der Waals surface area (Å²) in [6, 6.07) is 4.71. The third kappa shape index (κ3) is 4.03. The van der Waals surface area contributed by atoms with Gasteiger partial charge in [-0.1, -0.05) is 0 Å². The minimum absolute atomic E-state index is 0.104. The van der Waals surface area contributed by atoms with Crippen LogP contribution in [0.3, 0.4) is 0 Å². The van der Waals surface area contributed by atoms with Gasteiger partial charge in [0.1, 0.15) is 5.82 Å². The fourth-order valence-corrected chi connectivity index (χ4v) is 2.75. The van der Waals surface area contributed by atoms with Gasteiger partial charge in [-0.2, -0.15) is 0 Å². The molecule has 3 nitrogen and oxygen atoms in total. The third-order valence-corrected chi connectivity index (χ3v) is 4.20. The van der Waals surface area contributed by atoms with Crippen molar-refractivity contribution in [2.24, 2.45) is 0 Å². The van der Waals surface area contributed by atoms with Crippen LogP contribution in [0.1, 0.15) is 49.5 Å². The van der Waals surface area contributed by atoms with Gasteiger partial charge in [-0.05, 0) is 64.3 Å².